The molecule has 0 spiro atoms. The molecule has 0 unspecified atom stereocenters. The van der Waals surface area contributed by atoms with Crippen LogP contribution in [-0.2, 0) is 6.54 Å². The van der Waals surface area contributed by atoms with Gasteiger partial charge in [0.2, 0.25) is 0 Å². The molecule has 6 nitrogen and oxygen atoms in total. The summed E-state index contributed by atoms with van der Waals surface area (Å²) in [6, 6.07) is 2.02. The van der Waals surface area contributed by atoms with Crippen LogP contribution in [0.2, 0.25) is 0 Å². The van der Waals surface area contributed by atoms with E-state index >= 15 is 0 Å². The van der Waals surface area contributed by atoms with Gasteiger partial charge in [-0.05, 0) is 19.3 Å². The molecule has 2 rings (SSSR count). The summed E-state index contributed by atoms with van der Waals surface area (Å²) < 4.78 is 1.83. The first kappa shape index (κ1) is 13.5. The normalized spacial score (nSPS) is 10.9. The molecule has 0 aliphatic heterocycles. The third-order valence-electron chi connectivity index (χ3n) is 2.79. The summed E-state index contributed by atoms with van der Waals surface area (Å²) in [6.45, 7) is 7.90. The van der Waals surface area contributed by atoms with E-state index in [-0.39, 0.29) is 0 Å². The third kappa shape index (κ3) is 4.01. The molecule has 2 aromatic rings. The van der Waals surface area contributed by atoms with Gasteiger partial charge in [-0.25, -0.2) is 15.0 Å². The Bertz CT molecular complexity index is 506. The van der Waals surface area contributed by atoms with Crippen molar-refractivity contribution >= 4 is 5.82 Å². The van der Waals surface area contributed by atoms with Crippen LogP contribution in [0.15, 0.2) is 18.7 Å². The lowest BCUT2D eigenvalue weighted by Crippen LogP contribution is -2.09. The zero-order chi connectivity index (χ0) is 13.7. The van der Waals surface area contributed by atoms with Gasteiger partial charge < -0.3 is 5.32 Å². The van der Waals surface area contributed by atoms with E-state index in [1.54, 1.807) is 12.7 Å². The lowest BCUT2D eigenvalue weighted by Gasteiger charge is -2.10. The van der Waals surface area contributed by atoms with E-state index in [1.807, 2.05) is 17.7 Å². The van der Waals surface area contributed by atoms with E-state index in [1.165, 1.54) is 0 Å². The molecule has 2 heterocycles. The van der Waals surface area contributed by atoms with Gasteiger partial charge in [0.15, 0.2) is 0 Å². The van der Waals surface area contributed by atoms with E-state index in [9.17, 15) is 0 Å². The van der Waals surface area contributed by atoms with Crippen molar-refractivity contribution in [3.8, 4) is 0 Å². The van der Waals surface area contributed by atoms with Crippen LogP contribution >= 0.6 is 0 Å². The zero-order valence-electron chi connectivity index (χ0n) is 11.7. The number of aryl methyl sites for hydroxylation is 2. The number of hydrogen-bond acceptors (Lipinski definition) is 5. The van der Waals surface area contributed by atoms with Crippen molar-refractivity contribution in [1.29, 1.82) is 0 Å². The smallest absolute Gasteiger partial charge is 0.137 e. The molecule has 0 radical (unpaired) electrons. The predicted molar refractivity (Wildman–Crippen MR) is 74.0 cm³/mol. The molecule has 0 fully saturated rings. The second-order valence-corrected chi connectivity index (χ2v) is 4.82. The Morgan fingerprint density at radius 3 is 2.84 bits per heavy atom. The highest BCUT2D eigenvalue weighted by Crippen LogP contribution is 2.15. The molecule has 0 aliphatic carbocycles. The maximum absolute atomic E-state index is 4.43. The van der Waals surface area contributed by atoms with Gasteiger partial charge >= 0.3 is 0 Å². The van der Waals surface area contributed by atoms with E-state index in [0.717, 1.165) is 36.8 Å². The molecule has 0 aromatic carbocycles. The van der Waals surface area contributed by atoms with Crippen LogP contribution in [-0.4, -0.2) is 31.3 Å². The van der Waals surface area contributed by atoms with Crippen molar-refractivity contribution in [2.24, 2.45) is 0 Å². The van der Waals surface area contributed by atoms with Crippen molar-refractivity contribution in [3.05, 3.63) is 30.2 Å². The molecule has 102 valence electrons. The quantitative estimate of drug-likeness (QED) is 0.805. The minimum Gasteiger partial charge on any atom is -0.370 e. The minimum absolute atomic E-state index is 0.414. The summed E-state index contributed by atoms with van der Waals surface area (Å²) in [5.74, 6) is 2.12. The number of hydrogen-bond donors (Lipinski definition) is 1. The molecular weight excluding hydrogens is 240 g/mol. The van der Waals surface area contributed by atoms with Gasteiger partial charge in [0.1, 0.15) is 24.3 Å². The van der Waals surface area contributed by atoms with Gasteiger partial charge in [-0.15, -0.1) is 0 Å². The molecule has 19 heavy (non-hydrogen) atoms. The number of aromatic nitrogens is 5. The molecular formula is C13H20N6. The summed E-state index contributed by atoms with van der Waals surface area (Å²) in [5.41, 5.74) is 1.08. The number of anilines is 1. The van der Waals surface area contributed by atoms with Gasteiger partial charge in [0, 0.05) is 24.8 Å². The van der Waals surface area contributed by atoms with Gasteiger partial charge in [-0.2, -0.15) is 5.10 Å². The fourth-order valence-electron chi connectivity index (χ4n) is 1.78. The van der Waals surface area contributed by atoms with Crippen LogP contribution in [0.4, 0.5) is 5.82 Å². The highest BCUT2D eigenvalue weighted by atomic mass is 15.3. The lowest BCUT2D eigenvalue weighted by atomic mass is 10.1. The molecule has 0 bridgehead atoms. The molecule has 0 atom stereocenters. The Balaban J connectivity index is 1.85. The molecule has 6 heteroatoms. The lowest BCUT2D eigenvalue weighted by molar-refractivity contribution is 0.589. The summed E-state index contributed by atoms with van der Waals surface area (Å²) in [7, 11) is 0. The van der Waals surface area contributed by atoms with Gasteiger partial charge in [-0.3, -0.25) is 4.68 Å². The first-order valence-electron chi connectivity index (χ1n) is 6.57. The standard InChI is InChI=1S/C13H20N6/c1-10(2)12-7-13(18-11(3)17-12)15-5-4-6-19-9-14-8-16-19/h7-10H,4-6H2,1-3H3,(H,15,17,18). The Kier molecular flexibility index (Phi) is 4.43. The van der Waals surface area contributed by atoms with Crippen molar-refractivity contribution < 1.29 is 0 Å². The number of nitrogens with zero attached hydrogens (tertiary/aromatic N) is 5. The Morgan fingerprint density at radius 1 is 1.32 bits per heavy atom. The average Bonchev–Trinajstić information content (AvgIpc) is 2.87. The summed E-state index contributed by atoms with van der Waals surface area (Å²) in [6.07, 6.45) is 4.26. The minimum atomic E-state index is 0.414. The maximum atomic E-state index is 4.43. The third-order valence-corrected chi connectivity index (χ3v) is 2.79. The molecule has 0 saturated carbocycles. The van der Waals surface area contributed by atoms with Gasteiger partial charge in [-0.1, -0.05) is 13.8 Å². The monoisotopic (exact) mass is 260 g/mol. The fraction of sp³-hybridized carbons (Fsp3) is 0.538. The maximum Gasteiger partial charge on any atom is 0.137 e. The molecule has 2 aromatic heterocycles. The first-order valence-corrected chi connectivity index (χ1v) is 6.57. The van der Waals surface area contributed by atoms with E-state index < -0.39 is 0 Å². The van der Waals surface area contributed by atoms with Crippen molar-refractivity contribution in [1.82, 2.24) is 24.7 Å². The van der Waals surface area contributed by atoms with Crippen LogP contribution < -0.4 is 5.32 Å². The van der Waals surface area contributed by atoms with Crippen LogP contribution in [0, 0.1) is 6.92 Å². The SMILES string of the molecule is Cc1nc(NCCCn2cncn2)cc(C(C)C)n1. The van der Waals surface area contributed by atoms with Crippen molar-refractivity contribution in [2.75, 3.05) is 11.9 Å². The largest absolute Gasteiger partial charge is 0.370 e. The number of rotatable bonds is 6. The van der Waals surface area contributed by atoms with E-state index in [4.69, 9.17) is 0 Å². The zero-order valence-corrected chi connectivity index (χ0v) is 11.7. The topological polar surface area (TPSA) is 68.5 Å². The van der Waals surface area contributed by atoms with Crippen LogP contribution in [0.1, 0.15) is 37.7 Å². The van der Waals surface area contributed by atoms with Crippen LogP contribution in [0.25, 0.3) is 0 Å². The van der Waals surface area contributed by atoms with Gasteiger partial charge in [0.05, 0.1) is 0 Å². The summed E-state index contributed by atoms with van der Waals surface area (Å²) >= 11 is 0. The van der Waals surface area contributed by atoms with Gasteiger partial charge in [0.25, 0.3) is 0 Å². The van der Waals surface area contributed by atoms with Crippen molar-refractivity contribution in [3.63, 3.8) is 0 Å². The fourth-order valence-corrected chi connectivity index (χ4v) is 1.78. The molecule has 1 N–H and O–H groups in total. The summed E-state index contributed by atoms with van der Waals surface area (Å²) in [5, 5.41) is 7.39. The highest BCUT2D eigenvalue weighted by molar-refractivity contribution is 5.36. The van der Waals surface area contributed by atoms with Crippen LogP contribution in [0.5, 0.6) is 0 Å². The highest BCUT2D eigenvalue weighted by Gasteiger charge is 2.05. The Morgan fingerprint density at radius 2 is 2.16 bits per heavy atom. The Hall–Kier alpha value is -1.98. The van der Waals surface area contributed by atoms with E-state index in [0.29, 0.717) is 5.92 Å². The molecule has 0 aliphatic rings. The second-order valence-electron chi connectivity index (χ2n) is 4.82. The molecule has 0 amide bonds. The predicted octanol–water partition coefficient (Wildman–Crippen LogP) is 2.00. The second kappa shape index (κ2) is 6.26. The molecule has 0 saturated heterocycles. The average molecular weight is 260 g/mol. The number of nitrogens with one attached hydrogen (secondary N) is 1. The van der Waals surface area contributed by atoms with Crippen molar-refractivity contribution in [2.45, 2.75) is 39.7 Å². The summed E-state index contributed by atoms with van der Waals surface area (Å²) in [4.78, 5) is 12.7. The first-order chi connectivity index (χ1) is 9.15. The Labute approximate surface area is 113 Å². The van der Waals surface area contributed by atoms with Crippen LogP contribution in [0.3, 0.4) is 0 Å². The van der Waals surface area contributed by atoms with E-state index in [2.05, 4.69) is 39.2 Å².